The molecular formula is C8H15NO2S. The molecule has 2 atom stereocenters. The van der Waals surface area contributed by atoms with E-state index in [1.54, 1.807) is 19.3 Å². The van der Waals surface area contributed by atoms with E-state index in [0.717, 1.165) is 0 Å². The van der Waals surface area contributed by atoms with Crippen molar-refractivity contribution in [2.45, 2.75) is 19.9 Å². The molecule has 0 saturated carbocycles. The van der Waals surface area contributed by atoms with Crippen molar-refractivity contribution in [1.29, 1.82) is 0 Å². The van der Waals surface area contributed by atoms with Crippen LogP contribution in [-0.4, -0.2) is 28.2 Å². The Morgan fingerprint density at radius 1 is 1.67 bits per heavy atom. The lowest BCUT2D eigenvalue weighted by molar-refractivity contribution is -0.116. The third-order valence-electron chi connectivity index (χ3n) is 1.19. The molecule has 0 aromatic carbocycles. The number of hydrogen-bond donors (Lipinski definition) is 1. The van der Waals surface area contributed by atoms with Crippen LogP contribution in [0.25, 0.3) is 0 Å². The first-order chi connectivity index (χ1) is 5.56. The van der Waals surface area contributed by atoms with E-state index in [9.17, 15) is 9.00 Å². The summed E-state index contributed by atoms with van der Waals surface area (Å²) in [5.74, 6) is 0.374. The first-order valence-corrected chi connectivity index (χ1v) is 5.52. The maximum Gasteiger partial charge on any atom is 0.243 e. The molecule has 4 heteroatoms. The molecule has 0 heterocycles. The van der Waals surface area contributed by atoms with Crippen molar-refractivity contribution in [3.05, 3.63) is 12.2 Å². The molecular weight excluding hydrogens is 174 g/mol. The molecule has 0 aliphatic rings. The number of rotatable bonds is 4. The molecule has 12 heavy (non-hydrogen) atoms. The van der Waals surface area contributed by atoms with Crippen molar-refractivity contribution >= 4 is 16.7 Å². The molecule has 0 aromatic rings. The van der Waals surface area contributed by atoms with Gasteiger partial charge in [-0.05, 0) is 19.9 Å². The maximum atomic E-state index is 10.9. The lowest BCUT2D eigenvalue weighted by atomic mass is 10.4. The van der Waals surface area contributed by atoms with E-state index in [0.29, 0.717) is 5.75 Å². The molecule has 0 bridgehead atoms. The Morgan fingerprint density at radius 3 is 2.67 bits per heavy atom. The number of carbonyl (C=O) groups excluding carboxylic acids is 1. The second kappa shape index (κ2) is 5.94. The van der Waals surface area contributed by atoms with Gasteiger partial charge in [0.1, 0.15) is 0 Å². The minimum Gasteiger partial charge on any atom is -0.349 e. The molecule has 1 N–H and O–H groups in total. The van der Waals surface area contributed by atoms with Crippen LogP contribution in [0.4, 0.5) is 0 Å². The Labute approximate surface area is 75.7 Å². The van der Waals surface area contributed by atoms with Crippen LogP contribution in [0.5, 0.6) is 0 Å². The van der Waals surface area contributed by atoms with E-state index >= 15 is 0 Å². The average Bonchev–Trinajstić information content (AvgIpc) is 1.84. The first kappa shape index (κ1) is 11.4. The van der Waals surface area contributed by atoms with E-state index in [1.165, 1.54) is 6.08 Å². The molecule has 0 aliphatic heterocycles. The molecule has 0 aromatic heterocycles. The zero-order valence-electron chi connectivity index (χ0n) is 7.66. The van der Waals surface area contributed by atoms with E-state index in [1.807, 2.05) is 6.92 Å². The van der Waals surface area contributed by atoms with Gasteiger partial charge < -0.3 is 5.32 Å². The summed E-state index contributed by atoms with van der Waals surface area (Å²) in [5, 5.41) is 2.69. The number of nitrogens with one attached hydrogen (secondary N) is 1. The van der Waals surface area contributed by atoms with Gasteiger partial charge in [0.15, 0.2) is 0 Å². The minimum absolute atomic E-state index is 0.0282. The van der Waals surface area contributed by atoms with Gasteiger partial charge in [0.05, 0.1) is 0 Å². The summed E-state index contributed by atoms with van der Waals surface area (Å²) >= 11 is 0. The van der Waals surface area contributed by atoms with Gasteiger partial charge in [0.2, 0.25) is 5.91 Å². The molecule has 1 amide bonds. The highest BCUT2D eigenvalue weighted by molar-refractivity contribution is 7.84. The third-order valence-corrected chi connectivity index (χ3v) is 2.16. The van der Waals surface area contributed by atoms with Crippen LogP contribution in [0.15, 0.2) is 12.2 Å². The Bertz CT molecular complexity index is 201. The lowest BCUT2D eigenvalue weighted by Crippen LogP contribution is -2.34. The van der Waals surface area contributed by atoms with E-state index in [2.05, 4.69) is 5.32 Å². The van der Waals surface area contributed by atoms with Crippen LogP contribution in [0.1, 0.15) is 13.8 Å². The van der Waals surface area contributed by atoms with Gasteiger partial charge in [-0.3, -0.25) is 9.00 Å². The standard InChI is InChI=1S/C8H15NO2S/c1-4-5-8(10)9-7(2)6-12(3)11/h4-5,7H,6H2,1-3H3,(H,9,10)/b5-4+. The van der Waals surface area contributed by atoms with Crippen molar-refractivity contribution in [3.63, 3.8) is 0 Å². The molecule has 0 radical (unpaired) electrons. The minimum atomic E-state index is -0.855. The van der Waals surface area contributed by atoms with E-state index in [-0.39, 0.29) is 11.9 Å². The van der Waals surface area contributed by atoms with Crippen molar-refractivity contribution in [1.82, 2.24) is 5.32 Å². The van der Waals surface area contributed by atoms with Gasteiger partial charge >= 0.3 is 0 Å². The van der Waals surface area contributed by atoms with Gasteiger partial charge in [0, 0.05) is 28.9 Å². The fourth-order valence-electron chi connectivity index (χ4n) is 0.836. The Kier molecular flexibility index (Phi) is 5.62. The Hall–Kier alpha value is -0.640. The van der Waals surface area contributed by atoms with Gasteiger partial charge in [-0.2, -0.15) is 0 Å². The number of carbonyl (C=O) groups is 1. The topological polar surface area (TPSA) is 46.2 Å². The van der Waals surface area contributed by atoms with Crippen LogP contribution >= 0.6 is 0 Å². The van der Waals surface area contributed by atoms with E-state index < -0.39 is 10.8 Å². The fourth-order valence-corrected chi connectivity index (χ4v) is 1.62. The van der Waals surface area contributed by atoms with Gasteiger partial charge in [-0.25, -0.2) is 0 Å². The first-order valence-electron chi connectivity index (χ1n) is 3.79. The van der Waals surface area contributed by atoms with Crippen molar-refractivity contribution in [2.75, 3.05) is 12.0 Å². The summed E-state index contributed by atoms with van der Waals surface area (Å²) in [6.45, 7) is 3.62. The Morgan fingerprint density at radius 2 is 2.25 bits per heavy atom. The monoisotopic (exact) mass is 189 g/mol. The number of allylic oxidation sites excluding steroid dienone is 1. The zero-order chi connectivity index (χ0) is 9.56. The van der Waals surface area contributed by atoms with Crippen LogP contribution in [0.3, 0.4) is 0 Å². The predicted octanol–water partition coefficient (Wildman–Crippen LogP) is 0.446. The van der Waals surface area contributed by atoms with Crippen molar-refractivity contribution in [3.8, 4) is 0 Å². The lowest BCUT2D eigenvalue weighted by Gasteiger charge is -2.09. The second-order valence-corrected chi connectivity index (χ2v) is 4.13. The molecule has 0 rings (SSSR count). The van der Waals surface area contributed by atoms with Crippen LogP contribution in [0.2, 0.25) is 0 Å². The van der Waals surface area contributed by atoms with Crippen molar-refractivity contribution in [2.24, 2.45) is 0 Å². The summed E-state index contributed by atoms with van der Waals surface area (Å²) in [7, 11) is -0.855. The SMILES string of the molecule is C/C=C/C(=O)NC(C)CS(C)=O. The highest BCUT2D eigenvalue weighted by atomic mass is 32.2. The summed E-state index contributed by atoms with van der Waals surface area (Å²) in [6.07, 6.45) is 4.75. The molecule has 70 valence electrons. The quantitative estimate of drug-likeness (QED) is 0.652. The smallest absolute Gasteiger partial charge is 0.243 e. The predicted molar refractivity (Wildman–Crippen MR) is 51.4 cm³/mol. The highest BCUT2D eigenvalue weighted by Gasteiger charge is 2.05. The third kappa shape index (κ3) is 6.09. The largest absolute Gasteiger partial charge is 0.349 e. The van der Waals surface area contributed by atoms with Crippen LogP contribution in [0, 0.1) is 0 Å². The molecule has 3 nitrogen and oxygen atoms in total. The molecule has 0 spiro atoms. The Balaban J connectivity index is 3.76. The van der Waals surface area contributed by atoms with Crippen LogP contribution < -0.4 is 5.32 Å². The van der Waals surface area contributed by atoms with Crippen molar-refractivity contribution < 1.29 is 9.00 Å². The number of amides is 1. The van der Waals surface area contributed by atoms with Crippen LogP contribution in [-0.2, 0) is 15.6 Å². The second-order valence-electron chi connectivity index (χ2n) is 2.65. The summed E-state index contributed by atoms with van der Waals surface area (Å²) in [6, 6.07) is -0.0282. The molecule has 0 aliphatic carbocycles. The van der Waals surface area contributed by atoms with Gasteiger partial charge in [0.25, 0.3) is 0 Å². The molecule has 0 fully saturated rings. The summed E-state index contributed by atoms with van der Waals surface area (Å²) in [4.78, 5) is 10.9. The molecule has 0 saturated heterocycles. The van der Waals surface area contributed by atoms with Gasteiger partial charge in [-0.15, -0.1) is 0 Å². The number of hydrogen-bond acceptors (Lipinski definition) is 2. The summed E-state index contributed by atoms with van der Waals surface area (Å²) < 4.78 is 10.7. The normalized spacial score (nSPS) is 15.9. The van der Waals surface area contributed by atoms with E-state index in [4.69, 9.17) is 0 Å². The summed E-state index contributed by atoms with van der Waals surface area (Å²) in [5.41, 5.74) is 0. The molecule has 2 unspecified atom stereocenters. The zero-order valence-corrected chi connectivity index (χ0v) is 8.48. The maximum absolute atomic E-state index is 10.9. The van der Waals surface area contributed by atoms with Gasteiger partial charge in [-0.1, -0.05) is 6.08 Å². The fraction of sp³-hybridized carbons (Fsp3) is 0.625. The highest BCUT2D eigenvalue weighted by Crippen LogP contribution is 1.86. The average molecular weight is 189 g/mol.